The second kappa shape index (κ2) is 8.12. The van der Waals surface area contributed by atoms with Crippen LogP contribution in [0.25, 0.3) is 0 Å². The Morgan fingerprint density at radius 1 is 1.23 bits per heavy atom. The number of carbonyl (C=O) groups excluding carboxylic acids is 2. The average molecular weight is 362 g/mol. The zero-order chi connectivity index (χ0) is 19.3. The van der Waals surface area contributed by atoms with Gasteiger partial charge in [0.05, 0.1) is 25.3 Å². The van der Waals surface area contributed by atoms with Gasteiger partial charge >= 0.3 is 11.9 Å². The molecule has 0 fully saturated rings. The van der Waals surface area contributed by atoms with Gasteiger partial charge in [-0.2, -0.15) is 5.10 Å². The highest BCUT2D eigenvalue weighted by atomic mass is 19.1. The van der Waals surface area contributed by atoms with Crippen LogP contribution in [0.2, 0.25) is 0 Å². The molecule has 140 valence electrons. The van der Waals surface area contributed by atoms with Gasteiger partial charge in [-0.1, -0.05) is 18.2 Å². The summed E-state index contributed by atoms with van der Waals surface area (Å²) in [5.41, 5.74) is 0.293. The Kier molecular flexibility index (Phi) is 6.13. The van der Waals surface area contributed by atoms with Crippen molar-refractivity contribution in [3.63, 3.8) is 0 Å². The molecule has 0 N–H and O–H groups in total. The second-order valence-electron chi connectivity index (χ2n) is 6.75. The van der Waals surface area contributed by atoms with E-state index in [1.807, 2.05) is 0 Å². The van der Waals surface area contributed by atoms with Gasteiger partial charge in [0.15, 0.2) is 5.69 Å². The Hall–Kier alpha value is -2.70. The topological polar surface area (TPSA) is 70.4 Å². The number of hydrogen-bond acceptors (Lipinski definition) is 5. The predicted molar refractivity (Wildman–Crippen MR) is 93.2 cm³/mol. The lowest BCUT2D eigenvalue weighted by Crippen LogP contribution is -2.25. The lowest BCUT2D eigenvalue weighted by atomic mass is 10.2. The summed E-state index contributed by atoms with van der Waals surface area (Å²) < 4.78 is 25.6. The van der Waals surface area contributed by atoms with Crippen molar-refractivity contribution in [1.29, 1.82) is 0 Å². The molecular formula is C19H23FN2O4. The van der Waals surface area contributed by atoms with Gasteiger partial charge in [-0.05, 0) is 39.8 Å². The van der Waals surface area contributed by atoms with Crippen molar-refractivity contribution in [2.24, 2.45) is 0 Å². The van der Waals surface area contributed by atoms with E-state index in [-0.39, 0.29) is 31.1 Å². The summed E-state index contributed by atoms with van der Waals surface area (Å²) in [5, 5.41) is 4.18. The van der Waals surface area contributed by atoms with Crippen molar-refractivity contribution >= 4 is 11.9 Å². The summed E-state index contributed by atoms with van der Waals surface area (Å²) in [6.45, 7) is 7.29. The molecule has 0 atom stereocenters. The SMILES string of the molecule is CCOC(=O)c1cc(CC(=O)OC(C)(C)C)n(Cc2ccccc2F)n1. The van der Waals surface area contributed by atoms with Crippen molar-refractivity contribution in [2.45, 2.75) is 46.3 Å². The Morgan fingerprint density at radius 2 is 1.92 bits per heavy atom. The van der Waals surface area contributed by atoms with Crippen LogP contribution in [0, 0.1) is 5.82 Å². The minimum Gasteiger partial charge on any atom is -0.461 e. The summed E-state index contributed by atoms with van der Waals surface area (Å²) in [4.78, 5) is 24.1. The highest BCUT2D eigenvalue weighted by Crippen LogP contribution is 2.15. The number of nitrogens with zero attached hydrogens (tertiary/aromatic N) is 2. The lowest BCUT2D eigenvalue weighted by molar-refractivity contribution is -0.154. The molecule has 0 aliphatic rings. The number of halogens is 1. The minimum absolute atomic E-state index is 0.0711. The standard InChI is InChI=1S/C19H23FN2O4/c1-5-25-18(24)16-10-14(11-17(23)26-19(2,3)4)22(21-16)12-13-8-6-7-9-15(13)20/h6-10H,5,11-12H2,1-4H3. The van der Waals surface area contributed by atoms with Crippen LogP contribution < -0.4 is 0 Å². The maximum Gasteiger partial charge on any atom is 0.358 e. The molecule has 0 saturated heterocycles. The number of rotatable bonds is 6. The van der Waals surface area contributed by atoms with Crippen LogP contribution in [-0.2, 0) is 27.2 Å². The number of ether oxygens (including phenoxy) is 2. The molecule has 0 saturated carbocycles. The number of benzene rings is 1. The smallest absolute Gasteiger partial charge is 0.358 e. The molecule has 1 aromatic carbocycles. The largest absolute Gasteiger partial charge is 0.461 e. The van der Waals surface area contributed by atoms with Crippen LogP contribution in [0.5, 0.6) is 0 Å². The van der Waals surface area contributed by atoms with Crippen molar-refractivity contribution in [3.8, 4) is 0 Å². The fourth-order valence-corrected chi connectivity index (χ4v) is 2.35. The van der Waals surface area contributed by atoms with Crippen molar-refractivity contribution in [3.05, 3.63) is 53.1 Å². The molecule has 1 aromatic heterocycles. The first kappa shape index (κ1) is 19.6. The Morgan fingerprint density at radius 3 is 2.54 bits per heavy atom. The average Bonchev–Trinajstić information content (AvgIpc) is 2.91. The monoisotopic (exact) mass is 362 g/mol. The molecule has 2 rings (SSSR count). The number of esters is 2. The summed E-state index contributed by atoms with van der Waals surface area (Å²) in [7, 11) is 0. The molecular weight excluding hydrogens is 339 g/mol. The van der Waals surface area contributed by atoms with Crippen LogP contribution in [0.15, 0.2) is 30.3 Å². The van der Waals surface area contributed by atoms with E-state index >= 15 is 0 Å². The zero-order valence-corrected chi connectivity index (χ0v) is 15.4. The highest BCUT2D eigenvalue weighted by Gasteiger charge is 2.21. The number of hydrogen-bond donors (Lipinski definition) is 0. The van der Waals surface area contributed by atoms with Gasteiger partial charge in [0.1, 0.15) is 11.4 Å². The Bertz CT molecular complexity index is 793. The normalized spacial score (nSPS) is 11.3. The molecule has 0 amide bonds. The maximum atomic E-state index is 14.0. The van der Waals surface area contributed by atoms with Gasteiger partial charge in [-0.15, -0.1) is 0 Å². The third-order valence-electron chi connectivity index (χ3n) is 3.37. The zero-order valence-electron chi connectivity index (χ0n) is 15.4. The van der Waals surface area contributed by atoms with Gasteiger partial charge < -0.3 is 9.47 Å². The van der Waals surface area contributed by atoms with Crippen LogP contribution in [0.1, 0.15) is 49.4 Å². The van der Waals surface area contributed by atoms with Gasteiger partial charge in [0, 0.05) is 5.56 Å². The third-order valence-corrected chi connectivity index (χ3v) is 3.37. The molecule has 0 aliphatic heterocycles. The fraction of sp³-hybridized carbons (Fsp3) is 0.421. The van der Waals surface area contributed by atoms with Crippen LogP contribution in [0.4, 0.5) is 4.39 Å². The van der Waals surface area contributed by atoms with Crippen molar-refractivity contribution in [1.82, 2.24) is 9.78 Å². The predicted octanol–water partition coefficient (Wildman–Crippen LogP) is 3.13. The first-order valence-corrected chi connectivity index (χ1v) is 8.38. The van der Waals surface area contributed by atoms with E-state index in [4.69, 9.17) is 9.47 Å². The van der Waals surface area contributed by atoms with E-state index in [0.717, 1.165) is 0 Å². The van der Waals surface area contributed by atoms with Gasteiger partial charge in [-0.3, -0.25) is 9.48 Å². The maximum absolute atomic E-state index is 14.0. The van der Waals surface area contributed by atoms with Crippen molar-refractivity contribution in [2.75, 3.05) is 6.61 Å². The first-order valence-electron chi connectivity index (χ1n) is 8.38. The van der Waals surface area contributed by atoms with E-state index in [9.17, 15) is 14.0 Å². The number of carbonyl (C=O) groups is 2. The van der Waals surface area contributed by atoms with E-state index in [2.05, 4.69) is 5.10 Å². The molecule has 7 heteroatoms. The van der Waals surface area contributed by atoms with E-state index in [0.29, 0.717) is 11.3 Å². The Balaban J connectivity index is 2.30. The van der Waals surface area contributed by atoms with Gasteiger partial charge in [0.25, 0.3) is 0 Å². The first-order chi connectivity index (χ1) is 12.2. The van der Waals surface area contributed by atoms with Crippen LogP contribution in [0.3, 0.4) is 0 Å². The molecule has 0 radical (unpaired) electrons. The summed E-state index contributed by atoms with van der Waals surface area (Å²) >= 11 is 0. The summed E-state index contributed by atoms with van der Waals surface area (Å²) in [5.74, 6) is -1.43. The Labute approximate surface area is 151 Å². The molecule has 1 heterocycles. The molecule has 6 nitrogen and oxygen atoms in total. The highest BCUT2D eigenvalue weighted by molar-refractivity contribution is 5.87. The number of aromatic nitrogens is 2. The van der Waals surface area contributed by atoms with Crippen LogP contribution >= 0.6 is 0 Å². The molecule has 2 aromatic rings. The van der Waals surface area contributed by atoms with Crippen LogP contribution in [-0.4, -0.2) is 33.9 Å². The van der Waals surface area contributed by atoms with E-state index in [1.54, 1.807) is 45.9 Å². The van der Waals surface area contributed by atoms with Crippen molar-refractivity contribution < 1.29 is 23.5 Å². The summed E-state index contributed by atoms with van der Waals surface area (Å²) in [6.07, 6.45) is -0.0852. The van der Waals surface area contributed by atoms with E-state index < -0.39 is 17.5 Å². The fourth-order valence-electron chi connectivity index (χ4n) is 2.35. The molecule has 26 heavy (non-hydrogen) atoms. The molecule has 0 spiro atoms. The summed E-state index contributed by atoms with van der Waals surface area (Å²) in [6, 6.07) is 7.75. The third kappa shape index (κ3) is 5.40. The van der Waals surface area contributed by atoms with Gasteiger partial charge in [0.2, 0.25) is 0 Å². The van der Waals surface area contributed by atoms with E-state index in [1.165, 1.54) is 16.8 Å². The lowest BCUT2D eigenvalue weighted by Gasteiger charge is -2.19. The molecule has 0 bridgehead atoms. The molecule has 0 aliphatic carbocycles. The second-order valence-corrected chi connectivity index (χ2v) is 6.75. The van der Waals surface area contributed by atoms with Gasteiger partial charge in [-0.25, -0.2) is 9.18 Å². The molecule has 0 unspecified atom stereocenters. The quantitative estimate of drug-likeness (QED) is 0.739. The minimum atomic E-state index is -0.628.